The second-order valence-corrected chi connectivity index (χ2v) is 7.66. The maximum atomic E-state index is 12.4. The van der Waals surface area contributed by atoms with E-state index in [2.05, 4.69) is 20.7 Å². The smallest absolute Gasteiger partial charge is 0.263 e. The summed E-state index contributed by atoms with van der Waals surface area (Å²) in [7, 11) is -3.59. The highest BCUT2D eigenvalue weighted by atomic mass is 79.9. The predicted molar refractivity (Wildman–Crippen MR) is 86.8 cm³/mol. The van der Waals surface area contributed by atoms with Crippen molar-refractivity contribution >= 4 is 53.1 Å². The lowest BCUT2D eigenvalue weighted by Gasteiger charge is -2.09. The van der Waals surface area contributed by atoms with E-state index in [1.807, 2.05) is 23.6 Å². The summed E-state index contributed by atoms with van der Waals surface area (Å²) in [5, 5.41) is 3.01. The van der Waals surface area contributed by atoms with Crippen LogP contribution in [0.15, 0.2) is 63.3 Å². The largest absolute Gasteiger partial charge is 0.280 e. The van der Waals surface area contributed by atoms with E-state index in [1.165, 1.54) is 0 Å². The van der Waals surface area contributed by atoms with E-state index in [9.17, 15) is 8.42 Å². The molecule has 0 atom stereocenters. The first-order chi connectivity index (χ1) is 9.56. The molecule has 3 aromatic rings. The van der Waals surface area contributed by atoms with Crippen LogP contribution in [0.25, 0.3) is 10.1 Å². The Balaban J connectivity index is 1.99. The molecule has 2 aromatic carbocycles. The van der Waals surface area contributed by atoms with Gasteiger partial charge in [0.25, 0.3) is 10.0 Å². The minimum Gasteiger partial charge on any atom is -0.280 e. The van der Waals surface area contributed by atoms with Gasteiger partial charge < -0.3 is 0 Å². The summed E-state index contributed by atoms with van der Waals surface area (Å²) in [6, 6.07) is 14.2. The second-order valence-electron chi connectivity index (χ2n) is 4.21. The molecule has 1 N–H and O–H groups in total. The zero-order valence-corrected chi connectivity index (χ0v) is 13.4. The van der Waals surface area contributed by atoms with Crippen molar-refractivity contribution in [2.45, 2.75) is 4.90 Å². The molecule has 0 spiro atoms. The highest BCUT2D eigenvalue weighted by Crippen LogP contribution is 2.27. The Morgan fingerprint density at radius 2 is 1.85 bits per heavy atom. The first kappa shape index (κ1) is 13.6. The Morgan fingerprint density at radius 3 is 2.65 bits per heavy atom. The third-order valence-corrected chi connectivity index (χ3v) is 6.12. The molecular weight excluding hydrogens is 358 g/mol. The van der Waals surface area contributed by atoms with E-state index in [-0.39, 0.29) is 4.90 Å². The number of benzene rings is 2. The second kappa shape index (κ2) is 5.20. The highest BCUT2D eigenvalue weighted by molar-refractivity contribution is 9.10. The highest BCUT2D eigenvalue weighted by Gasteiger charge is 2.17. The summed E-state index contributed by atoms with van der Waals surface area (Å²) >= 11 is 4.89. The van der Waals surface area contributed by atoms with Crippen LogP contribution in [-0.4, -0.2) is 8.42 Å². The van der Waals surface area contributed by atoms with Crippen molar-refractivity contribution in [3.05, 3.63) is 58.4 Å². The number of rotatable bonds is 3. The average molecular weight is 368 g/mol. The Bertz CT molecular complexity index is 872. The molecule has 20 heavy (non-hydrogen) atoms. The maximum absolute atomic E-state index is 12.4. The summed E-state index contributed by atoms with van der Waals surface area (Å²) < 4.78 is 29.0. The number of thiophene rings is 1. The Morgan fingerprint density at radius 1 is 1.05 bits per heavy atom. The van der Waals surface area contributed by atoms with Crippen molar-refractivity contribution in [2.24, 2.45) is 0 Å². The van der Waals surface area contributed by atoms with Gasteiger partial charge in [-0.1, -0.05) is 12.1 Å². The van der Waals surface area contributed by atoms with Gasteiger partial charge in [-0.25, -0.2) is 8.42 Å². The van der Waals surface area contributed by atoms with E-state index in [1.54, 1.807) is 41.7 Å². The zero-order chi connectivity index (χ0) is 14.2. The van der Waals surface area contributed by atoms with E-state index >= 15 is 0 Å². The first-order valence-electron chi connectivity index (χ1n) is 5.81. The van der Waals surface area contributed by atoms with E-state index in [0.29, 0.717) is 10.2 Å². The van der Waals surface area contributed by atoms with Crippen LogP contribution >= 0.6 is 27.3 Å². The SMILES string of the molecule is O=S(=O)(Nc1ccc2sccc2c1)c1ccccc1Br. The summed E-state index contributed by atoms with van der Waals surface area (Å²) in [6.45, 7) is 0. The topological polar surface area (TPSA) is 46.2 Å². The normalized spacial score (nSPS) is 11.7. The molecule has 1 heterocycles. The Hall–Kier alpha value is -1.37. The van der Waals surface area contributed by atoms with Crippen molar-refractivity contribution in [3.8, 4) is 0 Å². The number of fused-ring (bicyclic) bond motifs is 1. The zero-order valence-electron chi connectivity index (χ0n) is 10.2. The lowest BCUT2D eigenvalue weighted by atomic mass is 10.2. The van der Waals surface area contributed by atoms with Gasteiger partial charge in [-0.2, -0.15) is 0 Å². The van der Waals surface area contributed by atoms with Gasteiger partial charge in [-0.3, -0.25) is 4.72 Å². The minimum atomic E-state index is -3.59. The number of anilines is 1. The molecule has 0 aliphatic rings. The Kier molecular flexibility index (Phi) is 3.54. The van der Waals surface area contributed by atoms with Crippen LogP contribution in [0, 0.1) is 0 Å². The maximum Gasteiger partial charge on any atom is 0.263 e. The summed E-state index contributed by atoms with van der Waals surface area (Å²) in [4.78, 5) is 0.227. The average Bonchev–Trinajstić information content (AvgIpc) is 2.86. The summed E-state index contributed by atoms with van der Waals surface area (Å²) in [5.74, 6) is 0. The number of halogens is 1. The fourth-order valence-electron chi connectivity index (χ4n) is 1.90. The van der Waals surface area contributed by atoms with Crippen molar-refractivity contribution in [1.82, 2.24) is 0 Å². The molecule has 0 unspecified atom stereocenters. The molecule has 3 nitrogen and oxygen atoms in total. The van der Waals surface area contributed by atoms with Crippen molar-refractivity contribution < 1.29 is 8.42 Å². The first-order valence-corrected chi connectivity index (χ1v) is 8.96. The van der Waals surface area contributed by atoms with Crippen LogP contribution < -0.4 is 4.72 Å². The van der Waals surface area contributed by atoms with Gasteiger partial charge >= 0.3 is 0 Å². The lowest BCUT2D eigenvalue weighted by Crippen LogP contribution is -2.13. The van der Waals surface area contributed by atoms with Crippen LogP contribution in [0.4, 0.5) is 5.69 Å². The third-order valence-electron chi connectivity index (χ3n) is 2.83. The van der Waals surface area contributed by atoms with E-state index in [0.717, 1.165) is 10.1 Å². The fraction of sp³-hybridized carbons (Fsp3) is 0. The van der Waals surface area contributed by atoms with Crippen LogP contribution in [-0.2, 0) is 10.0 Å². The van der Waals surface area contributed by atoms with Crippen LogP contribution in [0.2, 0.25) is 0 Å². The molecular formula is C14H10BrNO2S2. The number of hydrogen-bond donors (Lipinski definition) is 1. The summed E-state index contributed by atoms with van der Waals surface area (Å²) in [6.07, 6.45) is 0. The Labute approximate surface area is 129 Å². The van der Waals surface area contributed by atoms with Gasteiger partial charge in [0.1, 0.15) is 4.90 Å². The van der Waals surface area contributed by atoms with Gasteiger partial charge in [0, 0.05) is 14.9 Å². The predicted octanol–water partition coefficient (Wildman–Crippen LogP) is 4.46. The molecule has 0 radical (unpaired) electrons. The van der Waals surface area contributed by atoms with E-state index in [4.69, 9.17) is 0 Å². The lowest BCUT2D eigenvalue weighted by molar-refractivity contribution is 0.601. The molecule has 0 aliphatic carbocycles. The van der Waals surface area contributed by atoms with Gasteiger partial charge in [-0.05, 0) is 63.1 Å². The monoisotopic (exact) mass is 367 g/mol. The quantitative estimate of drug-likeness (QED) is 0.742. The molecule has 0 fully saturated rings. The van der Waals surface area contributed by atoms with Crippen LogP contribution in [0.5, 0.6) is 0 Å². The molecule has 0 saturated heterocycles. The molecule has 102 valence electrons. The molecule has 6 heteroatoms. The van der Waals surface area contributed by atoms with Gasteiger partial charge in [-0.15, -0.1) is 11.3 Å². The van der Waals surface area contributed by atoms with Gasteiger partial charge in [0.05, 0.1) is 0 Å². The van der Waals surface area contributed by atoms with Crippen LogP contribution in [0.3, 0.4) is 0 Å². The minimum absolute atomic E-state index is 0.227. The molecule has 0 amide bonds. The number of hydrogen-bond acceptors (Lipinski definition) is 3. The fourth-order valence-corrected chi connectivity index (χ4v) is 4.73. The van der Waals surface area contributed by atoms with Gasteiger partial charge in [0.2, 0.25) is 0 Å². The molecule has 0 aliphatic heterocycles. The van der Waals surface area contributed by atoms with Crippen LogP contribution in [0.1, 0.15) is 0 Å². The molecule has 3 rings (SSSR count). The van der Waals surface area contributed by atoms with E-state index < -0.39 is 10.0 Å². The summed E-state index contributed by atoms with van der Waals surface area (Å²) in [5.41, 5.74) is 0.562. The number of sulfonamides is 1. The van der Waals surface area contributed by atoms with Crippen molar-refractivity contribution in [1.29, 1.82) is 0 Å². The van der Waals surface area contributed by atoms with Crippen molar-refractivity contribution in [3.63, 3.8) is 0 Å². The van der Waals surface area contributed by atoms with Gasteiger partial charge in [0.15, 0.2) is 0 Å². The molecule has 0 bridgehead atoms. The standard InChI is InChI=1S/C14H10BrNO2S2/c15-12-3-1-2-4-14(12)20(17,18)16-11-5-6-13-10(9-11)7-8-19-13/h1-9,16H. The molecule has 1 aromatic heterocycles. The van der Waals surface area contributed by atoms with Crippen molar-refractivity contribution in [2.75, 3.05) is 4.72 Å². The molecule has 0 saturated carbocycles. The number of nitrogens with one attached hydrogen (secondary N) is 1. The third kappa shape index (κ3) is 2.59.